The molecular weight excluding hydrogens is 200 g/mol. The lowest BCUT2D eigenvalue weighted by Crippen LogP contribution is -2.05. The molecule has 4 nitrogen and oxygen atoms in total. The maximum absolute atomic E-state index is 11.4. The monoisotopic (exact) mass is 209 g/mol. The fourth-order valence-electron chi connectivity index (χ4n) is 0.971. The van der Waals surface area contributed by atoms with Crippen LogP contribution >= 0.6 is 11.3 Å². The predicted molar refractivity (Wildman–Crippen MR) is 52.8 cm³/mol. The van der Waals surface area contributed by atoms with E-state index in [4.69, 9.17) is 5.39 Å². The molecule has 0 radical (unpaired) electrons. The molecule has 1 rings (SSSR count). The smallest absolute Gasteiger partial charge is 0.293 e. The number of Topliss-reactive ketones (excluding diaryl/α,β-unsaturated/α-hetero) is 2. The molecule has 72 valence electrons. The fraction of sp³-hybridized carbons (Fsp3) is 0.333. The van der Waals surface area contributed by atoms with Gasteiger partial charge in [-0.3, -0.25) is 9.59 Å². The number of diazo groups is 1. The van der Waals surface area contributed by atoms with E-state index in [1.54, 1.807) is 12.1 Å². The minimum absolute atomic E-state index is 0.0358. The second kappa shape index (κ2) is 5.25. The molecule has 1 aromatic rings. The van der Waals surface area contributed by atoms with Crippen LogP contribution in [0.15, 0.2) is 17.5 Å². The van der Waals surface area contributed by atoms with Gasteiger partial charge in [0.05, 0.1) is 4.88 Å². The molecule has 0 bridgehead atoms. The van der Waals surface area contributed by atoms with E-state index >= 15 is 0 Å². The average molecular weight is 209 g/mol. The molecule has 0 unspecified atom stereocenters. The van der Waals surface area contributed by atoms with Crippen molar-refractivity contribution in [2.45, 2.75) is 12.8 Å². The van der Waals surface area contributed by atoms with E-state index in [1.165, 1.54) is 11.3 Å². The Balaban J connectivity index is 2.37. The molecule has 0 aromatic carbocycles. The zero-order valence-electron chi connectivity index (χ0n) is 7.47. The fourth-order valence-corrected chi connectivity index (χ4v) is 1.67. The lowest BCUT2D eigenvalue weighted by Gasteiger charge is -1.92. The van der Waals surface area contributed by atoms with Gasteiger partial charge < -0.3 is 0 Å². The summed E-state index contributed by atoms with van der Waals surface area (Å²) in [4.78, 5) is 25.7. The zero-order chi connectivity index (χ0) is 10.4. The molecule has 1 heterocycles. The molecule has 14 heavy (non-hydrogen) atoms. The summed E-state index contributed by atoms with van der Waals surface area (Å²) in [6.45, 7) is -0.224. The first-order valence-corrected chi connectivity index (χ1v) is 5.01. The largest absolute Gasteiger partial charge is 0.362 e. The van der Waals surface area contributed by atoms with Crippen LogP contribution in [0.25, 0.3) is 4.98 Å². The van der Waals surface area contributed by atoms with Gasteiger partial charge in [0.25, 0.3) is 0 Å². The third-order valence-corrected chi connectivity index (χ3v) is 2.58. The van der Waals surface area contributed by atoms with Crippen molar-refractivity contribution in [3.05, 3.63) is 27.4 Å². The summed E-state index contributed by atoms with van der Waals surface area (Å²) < 4.78 is 0. The Morgan fingerprint density at radius 3 is 2.79 bits per heavy atom. The predicted octanol–water partition coefficient (Wildman–Crippen LogP) is 2.13. The number of hydrogen-bond donors (Lipinski definition) is 0. The zero-order valence-corrected chi connectivity index (χ0v) is 8.29. The van der Waals surface area contributed by atoms with Crippen LogP contribution in [-0.2, 0) is 4.79 Å². The van der Waals surface area contributed by atoms with Crippen molar-refractivity contribution >= 4 is 22.9 Å². The topological polar surface area (TPSA) is 62.3 Å². The molecule has 0 saturated heterocycles. The molecule has 0 fully saturated rings. The quantitative estimate of drug-likeness (QED) is 0.551. The van der Waals surface area contributed by atoms with Crippen molar-refractivity contribution in [1.29, 1.82) is 5.39 Å². The molecule has 0 spiro atoms. The van der Waals surface area contributed by atoms with Crippen molar-refractivity contribution in [2.24, 2.45) is 0 Å². The van der Waals surface area contributed by atoms with Crippen molar-refractivity contribution in [3.63, 3.8) is 0 Å². The maximum Gasteiger partial charge on any atom is 0.362 e. The van der Waals surface area contributed by atoms with Gasteiger partial charge in [0.15, 0.2) is 5.78 Å². The first-order valence-electron chi connectivity index (χ1n) is 4.13. The Morgan fingerprint density at radius 1 is 1.43 bits per heavy atom. The first kappa shape index (κ1) is 10.5. The Labute approximate surface area is 85.2 Å². The Bertz CT molecular complexity index is 365. The minimum Gasteiger partial charge on any atom is -0.293 e. The number of ketones is 2. The Morgan fingerprint density at radius 2 is 2.21 bits per heavy atom. The highest BCUT2D eigenvalue weighted by molar-refractivity contribution is 7.12. The molecule has 0 amide bonds. The van der Waals surface area contributed by atoms with Gasteiger partial charge >= 0.3 is 6.54 Å². The van der Waals surface area contributed by atoms with Crippen LogP contribution in [0.5, 0.6) is 0 Å². The lowest BCUT2D eigenvalue weighted by atomic mass is 10.1. The second-order valence-corrected chi connectivity index (χ2v) is 3.69. The summed E-state index contributed by atoms with van der Waals surface area (Å²) in [7, 11) is 0. The molecule has 0 aliphatic heterocycles. The Hall–Kier alpha value is -1.54. The van der Waals surface area contributed by atoms with Crippen LogP contribution in [0.3, 0.4) is 0 Å². The van der Waals surface area contributed by atoms with E-state index in [9.17, 15) is 9.59 Å². The van der Waals surface area contributed by atoms with Gasteiger partial charge in [-0.2, -0.15) is 0 Å². The van der Waals surface area contributed by atoms with E-state index in [0.717, 1.165) is 0 Å². The molecule has 0 N–H and O–H groups in total. The van der Waals surface area contributed by atoms with E-state index in [-0.39, 0.29) is 31.0 Å². The molecule has 1 aromatic heterocycles. The van der Waals surface area contributed by atoms with Crippen LogP contribution in [-0.4, -0.2) is 18.1 Å². The third kappa shape index (κ3) is 3.07. The highest BCUT2D eigenvalue weighted by Gasteiger charge is 2.13. The van der Waals surface area contributed by atoms with E-state index in [1.807, 2.05) is 5.38 Å². The summed E-state index contributed by atoms with van der Waals surface area (Å²) in [5, 5.41) is 9.92. The SMILES string of the molecule is N#[N+]CC(=O)CCC(=O)c1cccs1. The summed E-state index contributed by atoms with van der Waals surface area (Å²) in [5.41, 5.74) is 0. The van der Waals surface area contributed by atoms with E-state index < -0.39 is 0 Å². The Kier molecular flexibility index (Phi) is 3.95. The number of nitrogens with zero attached hydrogens (tertiary/aromatic N) is 2. The number of thiophene rings is 1. The highest BCUT2D eigenvalue weighted by Crippen LogP contribution is 2.12. The van der Waals surface area contributed by atoms with Crippen LogP contribution < -0.4 is 0 Å². The second-order valence-electron chi connectivity index (χ2n) is 2.74. The van der Waals surface area contributed by atoms with Crippen molar-refractivity contribution in [2.75, 3.05) is 6.54 Å². The standard InChI is InChI=1S/C9H9N2O2S/c10-11-6-7(12)3-4-8(13)9-2-1-5-14-9/h1-2,5H,3-4,6H2/q+1. The number of hydrogen-bond acceptors (Lipinski definition) is 4. The maximum atomic E-state index is 11.4. The van der Waals surface area contributed by atoms with Gasteiger partial charge in [-0.1, -0.05) is 6.07 Å². The van der Waals surface area contributed by atoms with E-state index in [0.29, 0.717) is 4.88 Å². The lowest BCUT2D eigenvalue weighted by molar-refractivity contribution is -0.117. The molecular formula is C9H9N2O2S+. The summed E-state index contributed by atoms with van der Waals surface area (Å²) in [6, 6.07) is 3.52. The van der Waals surface area contributed by atoms with Crippen molar-refractivity contribution in [1.82, 2.24) is 0 Å². The average Bonchev–Trinajstić information content (AvgIpc) is 2.67. The van der Waals surface area contributed by atoms with Crippen LogP contribution in [0.4, 0.5) is 0 Å². The molecule has 0 saturated carbocycles. The summed E-state index contributed by atoms with van der Waals surface area (Å²) in [5.74, 6) is -0.260. The molecule has 0 aliphatic carbocycles. The van der Waals surface area contributed by atoms with Crippen LogP contribution in [0.2, 0.25) is 0 Å². The van der Waals surface area contributed by atoms with Crippen LogP contribution in [0, 0.1) is 5.39 Å². The van der Waals surface area contributed by atoms with Crippen molar-refractivity contribution < 1.29 is 9.59 Å². The van der Waals surface area contributed by atoms with Gasteiger partial charge in [-0.15, -0.1) is 11.3 Å². The number of carbonyl (C=O) groups is 2. The number of carbonyl (C=O) groups excluding carboxylic acids is 2. The highest BCUT2D eigenvalue weighted by atomic mass is 32.1. The van der Waals surface area contributed by atoms with Gasteiger partial charge in [0.1, 0.15) is 4.98 Å². The third-order valence-electron chi connectivity index (χ3n) is 1.67. The summed E-state index contributed by atoms with van der Waals surface area (Å²) in [6.07, 6.45) is 0.329. The number of rotatable bonds is 5. The van der Waals surface area contributed by atoms with Gasteiger partial charge in [-0.05, 0) is 11.4 Å². The molecule has 0 aliphatic rings. The normalized spacial score (nSPS) is 9.36. The molecule has 5 heteroatoms. The minimum atomic E-state index is -0.225. The van der Waals surface area contributed by atoms with Gasteiger partial charge in [-0.25, -0.2) is 0 Å². The van der Waals surface area contributed by atoms with Gasteiger partial charge in [0, 0.05) is 12.8 Å². The van der Waals surface area contributed by atoms with Crippen LogP contribution in [0.1, 0.15) is 22.5 Å². The van der Waals surface area contributed by atoms with Gasteiger partial charge in [0.2, 0.25) is 11.2 Å². The summed E-state index contributed by atoms with van der Waals surface area (Å²) >= 11 is 1.36. The molecule has 0 atom stereocenters. The van der Waals surface area contributed by atoms with E-state index in [2.05, 4.69) is 4.98 Å². The van der Waals surface area contributed by atoms with Crippen molar-refractivity contribution in [3.8, 4) is 0 Å². The first-order chi connectivity index (χ1) is 6.74.